The number of nitrogens with one attached hydrogen (secondary N) is 3. The van der Waals surface area contributed by atoms with Crippen LogP contribution in [-0.2, 0) is 14.3 Å². The second kappa shape index (κ2) is 8.03. The number of hydrogen-bond acceptors (Lipinski definition) is 4. The molecule has 6 heteroatoms. The van der Waals surface area contributed by atoms with Gasteiger partial charge in [0.25, 0.3) is 0 Å². The predicted molar refractivity (Wildman–Crippen MR) is 63.5 cm³/mol. The van der Waals surface area contributed by atoms with Gasteiger partial charge in [-0.1, -0.05) is 0 Å². The van der Waals surface area contributed by atoms with Gasteiger partial charge in [-0.15, -0.1) is 0 Å². The van der Waals surface area contributed by atoms with Crippen molar-refractivity contribution in [3.05, 3.63) is 0 Å². The van der Waals surface area contributed by atoms with E-state index >= 15 is 0 Å². The molecular formula is C11H21N3O3. The lowest BCUT2D eigenvalue weighted by molar-refractivity contribution is -0.123. The Bertz CT molecular complexity index is 254. The summed E-state index contributed by atoms with van der Waals surface area (Å²) in [4.78, 5) is 22.5. The first-order valence-electron chi connectivity index (χ1n) is 5.98. The summed E-state index contributed by atoms with van der Waals surface area (Å²) in [7, 11) is 1.62. The monoisotopic (exact) mass is 243 g/mol. The highest BCUT2D eigenvalue weighted by atomic mass is 16.5. The Morgan fingerprint density at radius 3 is 2.53 bits per heavy atom. The minimum atomic E-state index is -0.0678. The molecule has 0 unspecified atom stereocenters. The van der Waals surface area contributed by atoms with E-state index in [1.54, 1.807) is 7.11 Å². The van der Waals surface area contributed by atoms with Crippen molar-refractivity contribution in [3.8, 4) is 0 Å². The smallest absolute Gasteiger partial charge is 0.234 e. The second-order valence-electron chi connectivity index (χ2n) is 4.08. The van der Waals surface area contributed by atoms with E-state index in [0.29, 0.717) is 26.2 Å². The Morgan fingerprint density at radius 2 is 1.88 bits per heavy atom. The summed E-state index contributed by atoms with van der Waals surface area (Å²) >= 11 is 0. The van der Waals surface area contributed by atoms with Crippen LogP contribution >= 0.6 is 0 Å². The van der Waals surface area contributed by atoms with Crippen LogP contribution in [0.25, 0.3) is 0 Å². The Balaban J connectivity index is 1.87. The summed E-state index contributed by atoms with van der Waals surface area (Å²) in [6.45, 7) is 2.50. The van der Waals surface area contributed by atoms with Gasteiger partial charge < -0.3 is 20.7 Å². The van der Waals surface area contributed by atoms with Crippen molar-refractivity contribution in [2.45, 2.75) is 12.8 Å². The fraction of sp³-hybridized carbons (Fsp3) is 0.818. The van der Waals surface area contributed by atoms with Gasteiger partial charge in [-0.05, 0) is 12.8 Å². The van der Waals surface area contributed by atoms with Crippen LogP contribution in [0.15, 0.2) is 0 Å². The molecule has 1 saturated carbocycles. The average Bonchev–Trinajstić information content (AvgIpc) is 3.14. The van der Waals surface area contributed by atoms with Crippen molar-refractivity contribution in [3.63, 3.8) is 0 Å². The third-order valence-electron chi connectivity index (χ3n) is 2.46. The standard InChI is InChI=1S/C11H21N3O3/c1-17-7-6-12-8-10(15)13-4-5-14-11(16)9-2-3-9/h9,12H,2-8H2,1H3,(H,13,15)(H,14,16). The van der Waals surface area contributed by atoms with Gasteiger partial charge in [0.2, 0.25) is 11.8 Å². The molecule has 1 aliphatic carbocycles. The highest BCUT2D eigenvalue weighted by molar-refractivity contribution is 5.81. The Labute approximate surface area is 101 Å². The zero-order chi connectivity index (χ0) is 12.5. The number of carbonyl (C=O) groups excluding carboxylic acids is 2. The fourth-order valence-electron chi connectivity index (χ4n) is 1.32. The highest BCUT2D eigenvalue weighted by Gasteiger charge is 2.28. The zero-order valence-corrected chi connectivity index (χ0v) is 10.3. The summed E-state index contributed by atoms with van der Waals surface area (Å²) < 4.78 is 4.84. The molecule has 0 bridgehead atoms. The lowest BCUT2D eigenvalue weighted by Gasteiger charge is -2.07. The molecule has 98 valence electrons. The molecule has 0 saturated heterocycles. The minimum absolute atomic E-state index is 0.0678. The first-order valence-corrected chi connectivity index (χ1v) is 5.98. The van der Waals surface area contributed by atoms with Gasteiger partial charge in [0.1, 0.15) is 0 Å². The summed E-state index contributed by atoms with van der Waals surface area (Å²) in [6, 6.07) is 0. The van der Waals surface area contributed by atoms with E-state index in [2.05, 4.69) is 16.0 Å². The zero-order valence-electron chi connectivity index (χ0n) is 10.3. The fourth-order valence-corrected chi connectivity index (χ4v) is 1.32. The average molecular weight is 243 g/mol. The summed E-state index contributed by atoms with van der Waals surface area (Å²) in [5.41, 5.74) is 0. The molecule has 0 aromatic rings. The molecule has 0 radical (unpaired) electrons. The second-order valence-corrected chi connectivity index (χ2v) is 4.08. The molecule has 1 fully saturated rings. The van der Waals surface area contributed by atoms with Gasteiger partial charge in [-0.25, -0.2) is 0 Å². The first kappa shape index (κ1) is 13.9. The number of rotatable bonds is 9. The molecule has 0 aliphatic heterocycles. The maximum absolute atomic E-state index is 11.3. The number of carbonyl (C=O) groups is 2. The van der Waals surface area contributed by atoms with Crippen molar-refractivity contribution in [2.75, 3.05) is 39.9 Å². The maximum Gasteiger partial charge on any atom is 0.234 e. The lowest BCUT2D eigenvalue weighted by atomic mass is 10.4. The SMILES string of the molecule is COCCNCC(=O)NCCNC(=O)C1CC1. The Kier molecular flexibility index (Phi) is 6.57. The predicted octanol–water partition coefficient (Wildman–Crippen LogP) is -1.14. The molecule has 0 aromatic heterocycles. The number of methoxy groups -OCH3 is 1. The van der Waals surface area contributed by atoms with Crippen molar-refractivity contribution in [1.82, 2.24) is 16.0 Å². The molecular weight excluding hydrogens is 222 g/mol. The minimum Gasteiger partial charge on any atom is -0.383 e. The normalized spacial score (nSPS) is 14.4. The van der Waals surface area contributed by atoms with E-state index in [-0.39, 0.29) is 24.3 Å². The molecule has 2 amide bonds. The van der Waals surface area contributed by atoms with Gasteiger partial charge in [-0.3, -0.25) is 9.59 Å². The first-order chi connectivity index (χ1) is 8.24. The summed E-state index contributed by atoms with van der Waals surface area (Å²) in [5.74, 6) is 0.264. The van der Waals surface area contributed by atoms with Crippen LogP contribution in [0, 0.1) is 5.92 Å². The molecule has 3 N–H and O–H groups in total. The van der Waals surface area contributed by atoms with Crippen molar-refractivity contribution in [2.24, 2.45) is 5.92 Å². The number of hydrogen-bond donors (Lipinski definition) is 3. The molecule has 0 heterocycles. The van der Waals surface area contributed by atoms with Crippen LogP contribution in [-0.4, -0.2) is 51.7 Å². The van der Waals surface area contributed by atoms with E-state index in [4.69, 9.17) is 4.74 Å². The van der Waals surface area contributed by atoms with E-state index in [1.807, 2.05) is 0 Å². The van der Waals surface area contributed by atoms with Crippen molar-refractivity contribution < 1.29 is 14.3 Å². The third kappa shape index (κ3) is 6.91. The highest BCUT2D eigenvalue weighted by Crippen LogP contribution is 2.28. The van der Waals surface area contributed by atoms with Gasteiger partial charge in [-0.2, -0.15) is 0 Å². The largest absolute Gasteiger partial charge is 0.383 e. The number of ether oxygens (including phenoxy) is 1. The van der Waals surface area contributed by atoms with E-state index < -0.39 is 0 Å². The van der Waals surface area contributed by atoms with Crippen LogP contribution in [0.1, 0.15) is 12.8 Å². The van der Waals surface area contributed by atoms with Gasteiger partial charge in [0, 0.05) is 32.7 Å². The van der Waals surface area contributed by atoms with Crippen LogP contribution in [0.2, 0.25) is 0 Å². The molecule has 17 heavy (non-hydrogen) atoms. The quantitative estimate of drug-likeness (QED) is 0.447. The van der Waals surface area contributed by atoms with Crippen molar-refractivity contribution in [1.29, 1.82) is 0 Å². The van der Waals surface area contributed by atoms with Crippen LogP contribution < -0.4 is 16.0 Å². The van der Waals surface area contributed by atoms with E-state index in [1.165, 1.54) is 0 Å². The van der Waals surface area contributed by atoms with E-state index in [0.717, 1.165) is 12.8 Å². The lowest BCUT2D eigenvalue weighted by Crippen LogP contribution is -2.39. The number of amides is 2. The molecule has 0 aromatic carbocycles. The Morgan fingerprint density at radius 1 is 1.18 bits per heavy atom. The molecule has 1 rings (SSSR count). The van der Waals surface area contributed by atoms with E-state index in [9.17, 15) is 9.59 Å². The third-order valence-corrected chi connectivity index (χ3v) is 2.46. The Hall–Kier alpha value is -1.14. The molecule has 1 aliphatic rings. The van der Waals surface area contributed by atoms with Crippen LogP contribution in [0.3, 0.4) is 0 Å². The topological polar surface area (TPSA) is 79.5 Å². The summed E-state index contributed by atoms with van der Waals surface area (Å²) in [6.07, 6.45) is 2.00. The van der Waals surface area contributed by atoms with Gasteiger partial charge >= 0.3 is 0 Å². The maximum atomic E-state index is 11.3. The molecule has 6 nitrogen and oxygen atoms in total. The van der Waals surface area contributed by atoms with Crippen molar-refractivity contribution >= 4 is 11.8 Å². The summed E-state index contributed by atoms with van der Waals surface area (Å²) in [5, 5.41) is 8.44. The van der Waals surface area contributed by atoms with Gasteiger partial charge in [0.15, 0.2) is 0 Å². The van der Waals surface area contributed by atoms with Crippen LogP contribution in [0.5, 0.6) is 0 Å². The molecule has 0 spiro atoms. The molecule has 0 atom stereocenters. The van der Waals surface area contributed by atoms with Gasteiger partial charge in [0.05, 0.1) is 13.2 Å². The van der Waals surface area contributed by atoms with Crippen LogP contribution in [0.4, 0.5) is 0 Å².